The molecule has 1 N–H and O–H groups in total. The van der Waals surface area contributed by atoms with Crippen molar-refractivity contribution in [2.45, 2.75) is 13.8 Å². The number of nitrogens with zero attached hydrogens (tertiary/aromatic N) is 1. The fourth-order valence-corrected chi connectivity index (χ4v) is 2.35. The Bertz CT molecular complexity index is 796. The number of aryl methyl sites for hydroxylation is 2. The van der Waals surface area contributed by atoms with Crippen molar-refractivity contribution in [2.24, 2.45) is 0 Å². The molecule has 3 heteroatoms. The number of rotatable bonds is 3. The van der Waals surface area contributed by atoms with E-state index in [9.17, 15) is 0 Å². The van der Waals surface area contributed by atoms with E-state index in [1.807, 2.05) is 24.3 Å². The number of benzene rings is 2. The SMILES string of the molecule is COc1cccc(Nc2nc3cc(C)ccc3cc2C)c1. The minimum atomic E-state index is 0.828. The zero-order chi connectivity index (χ0) is 14.8. The lowest BCUT2D eigenvalue weighted by atomic mass is 10.1. The van der Waals surface area contributed by atoms with Crippen LogP contribution in [0.1, 0.15) is 11.1 Å². The summed E-state index contributed by atoms with van der Waals surface area (Å²) in [6, 6.07) is 16.3. The second-order valence-electron chi connectivity index (χ2n) is 5.21. The van der Waals surface area contributed by atoms with Crippen molar-refractivity contribution in [3.8, 4) is 5.75 Å². The lowest BCUT2D eigenvalue weighted by Gasteiger charge is -2.11. The van der Waals surface area contributed by atoms with Gasteiger partial charge in [0.25, 0.3) is 0 Å². The Morgan fingerprint density at radius 3 is 2.67 bits per heavy atom. The van der Waals surface area contributed by atoms with Crippen LogP contribution in [0.25, 0.3) is 10.9 Å². The zero-order valence-electron chi connectivity index (χ0n) is 12.5. The van der Waals surface area contributed by atoms with Crippen molar-refractivity contribution >= 4 is 22.4 Å². The molecule has 0 aliphatic heterocycles. The van der Waals surface area contributed by atoms with E-state index in [4.69, 9.17) is 9.72 Å². The summed E-state index contributed by atoms with van der Waals surface area (Å²) in [4.78, 5) is 4.73. The molecule has 1 aromatic heterocycles. The minimum absolute atomic E-state index is 0.828. The average Bonchev–Trinajstić information content (AvgIpc) is 2.49. The van der Waals surface area contributed by atoms with Gasteiger partial charge in [-0.3, -0.25) is 0 Å². The van der Waals surface area contributed by atoms with Gasteiger partial charge in [0.15, 0.2) is 0 Å². The summed E-state index contributed by atoms with van der Waals surface area (Å²) in [6.07, 6.45) is 0. The van der Waals surface area contributed by atoms with E-state index in [1.165, 1.54) is 5.56 Å². The van der Waals surface area contributed by atoms with Crippen LogP contribution in [0.15, 0.2) is 48.5 Å². The molecule has 3 nitrogen and oxygen atoms in total. The lowest BCUT2D eigenvalue weighted by molar-refractivity contribution is 0.415. The number of nitrogens with one attached hydrogen (secondary N) is 1. The molecule has 0 bridgehead atoms. The van der Waals surface area contributed by atoms with E-state index in [-0.39, 0.29) is 0 Å². The van der Waals surface area contributed by atoms with Crippen LogP contribution in [0.4, 0.5) is 11.5 Å². The van der Waals surface area contributed by atoms with Gasteiger partial charge in [-0.15, -0.1) is 0 Å². The number of methoxy groups -OCH3 is 1. The van der Waals surface area contributed by atoms with E-state index in [2.05, 4.69) is 43.4 Å². The van der Waals surface area contributed by atoms with Crippen LogP contribution in [0, 0.1) is 13.8 Å². The maximum absolute atomic E-state index is 5.25. The predicted octanol–water partition coefficient (Wildman–Crippen LogP) is 4.60. The molecule has 0 unspecified atom stereocenters. The van der Waals surface area contributed by atoms with Crippen LogP contribution >= 0.6 is 0 Å². The van der Waals surface area contributed by atoms with Gasteiger partial charge in [-0.05, 0) is 49.2 Å². The molecular weight excluding hydrogens is 260 g/mol. The van der Waals surface area contributed by atoms with Gasteiger partial charge < -0.3 is 10.1 Å². The average molecular weight is 278 g/mol. The molecule has 21 heavy (non-hydrogen) atoms. The summed E-state index contributed by atoms with van der Waals surface area (Å²) in [6.45, 7) is 4.14. The standard InChI is InChI=1S/C18H18N2O/c1-12-7-8-14-10-13(2)18(20-17(14)9-12)19-15-5-4-6-16(11-15)21-3/h4-11H,1-3H3,(H,19,20). The molecular formula is C18H18N2O. The number of pyridine rings is 1. The van der Waals surface area contributed by atoms with Gasteiger partial charge in [0.1, 0.15) is 11.6 Å². The van der Waals surface area contributed by atoms with Gasteiger partial charge in [-0.2, -0.15) is 0 Å². The van der Waals surface area contributed by atoms with Crippen molar-refractivity contribution in [1.29, 1.82) is 0 Å². The highest BCUT2D eigenvalue weighted by atomic mass is 16.5. The first-order chi connectivity index (χ1) is 10.2. The smallest absolute Gasteiger partial charge is 0.134 e. The summed E-state index contributed by atoms with van der Waals surface area (Å²) in [7, 11) is 1.67. The van der Waals surface area contributed by atoms with Crippen molar-refractivity contribution < 1.29 is 4.74 Å². The summed E-state index contributed by atoms with van der Waals surface area (Å²) in [5.74, 6) is 1.70. The minimum Gasteiger partial charge on any atom is -0.497 e. The maximum atomic E-state index is 5.25. The molecule has 3 rings (SSSR count). The fourth-order valence-electron chi connectivity index (χ4n) is 2.35. The van der Waals surface area contributed by atoms with Crippen LogP contribution in [0.3, 0.4) is 0 Å². The number of ether oxygens (including phenoxy) is 1. The largest absolute Gasteiger partial charge is 0.497 e. The molecule has 0 aliphatic rings. The zero-order valence-corrected chi connectivity index (χ0v) is 12.5. The van der Waals surface area contributed by atoms with E-state index in [1.54, 1.807) is 7.11 Å². The molecule has 0 saturated carbocycles. The highest BCUT2D eigenvalue weighted by molar-refractivity contribution is 5.83. The van der Waals surface area contributed by atoms with E-state index in [0.29, 0.717) is 0 Å². The molecule has 0 aliphatic carbocycles. The topological polar surface area (TPSA) is 34.1 Å². The molecule has 0 fully saturated rings. The Balaban J connectivity index is 2.01. The number of aromatic nitrogens is 1. The van der Waals surface area contributed by atoms with Crippen molar-refractivity contribution in [1.82, 2.24) is 4.98 Å². The van der Waals surface area contributed by atoms with Crippen molar-refractivity contribution in [3.63, 3.8) is 0 Å². The van der Waals surface area contributed by atoms with Gasteiger partial charge in [0, 0.05) is 17.1 Å². The third kappa shape index (κ3) is 2.82. The first-order valence-electron chi connectivity index (χ1n) is 6.95. The summed E-state index contributed by atoms with van der Waals surface area (Å²) >= 11 is 0. The van der Waals surface area contributed by atoms with E-state index in [0.717, 1.165) is 33.7 Å². The first-order valence-corrected chi connectivity index (χ1v) is 6.95. The van der Waals surface area contributed by atoms with Gasteiger partial charge in [0.2, 0.25) is 0 Å². The summed E-state index contributed by atoms with van der Waals surface area (Å²) in [5, 5.41) is 4.53. The highest BCUT2D eigenvalue weighted by Gasteiger charge is 2.05. The second-order valence-corrected chi connectivity index (χ2v) is 5.21. The van der Waals surface area contributed by atoms with Crippen LogP contribution in [0.5, 0.6) is 5.75 Å². The molecule has 2 aromatic carbocycles. The summed E-state index contributed by atoms with van der Waals surface area (Å²) < 4.78 is 5.25. The molecule has 1 heterocycles. The van der Waals surface area contributed by atoms with Crippen LogP contribution in [-0.4, -0.2) is 12.1 Å². The van der Waals surface area contributed by atoms with Gasteiger partial charge >= 0.3 is 0 Å². The fraction of sp³-hybridized carbons (Fsp3) is 0.167. The number of anilines is 2. The van der Waals surface area contributed by atoms with Crippen molar-refractivity contribution in [2.75, 3.05) is 12.4 Å². The van der Waals surface area contributed by atoms with Gasteiger partial charge in [-0.25, -0.2) is 4.98 Å². The molecule has 0 spiro atoms. The first kappa shape index (κ1) is 13.4. The molecule has 106 valence electrons. The Hall–Kier alpha value is -2.55. The van der Waals surface area contributed by atoms with Crippen LogP contribution < -0.4 is 10.1 Å². The Kier molecular flexibility index (Phi) is 3.48. The molecule has 0 saturated heterocycles. The number of hydrogen-bond acceptors (Lipinski definition) is 3. The third-order valence-electron chi connectivity index (χ3n) is 3.50. The van der Waals surface area contributed by atoms with Gasteiger partial charge in [-0.1, -0.05) is 18.2 Å². The maximum Gasteiger partial charge on any atom is 0.134 e. The molecule has 0 atom stereocenters. The van der Waals surface area contributed by atoms with E-state index < -0.39 is 0 Å². The Morgan fingerprint density at radius 1 is 1.00 bits per heavy atom. The van der Waals surface area contributed by atoms with Crippen LogP contribution in [0.2, 0.25) is 0 Å². The molecule has 0 amide bonds. The Morgan fingerprint density at radius 2 is 1.86 bits per heavy atom. The van der Waals surface area contributed by atoms with Crippen LogP contribution in [-0.2, 0) is 0 Å². The number of fused-ring (bicyclic) bond motifs is 1. The lowest BCUT2D eigenvalue weighted by Crippen LogP contribution is -1.97. The third-order valence-corrected chi connectivity index (χ3v) is 3.50. The second kappa shape index (κ2) is 5.44. The normalized spacial score (nSPS) is 10.6. The molecule has 0 radical (unpaired) electrons. The van der Waals surface area contributed by atoms with E-state index >= 15 is 0 Å². The highest BCUT2D eigenvalue weighted by Crippen LogP contribution is 2.25. The number of hydrogen-bond donors (Lipinski definition) is 1. The van der Waals surface area contributed by atoms with Gasteiger partial charge in [0.05, 0.1) is 12.6 Å². The van der Waals surface area contributed by atoms with Crippen molar-refractivity contribution in [3.05, 3.63) is 59.7 Å². The molecule has 3 aromatic rings. The Labute approximate surface area is 124 Å². The summed E-state index contributed by atoms with van der Waals surface area (Å²) in [5.41, 5.74) is 4.31. The monoisotopic (exact) mass is 278 g/mol. The quantitative estimate of drug-likeness (QED) is 0.760. The predicted molar refractivity (Wildman–Crippen MR) is 87.5 cm³/mol.